The molecule has 1 aromatic heterocycles. The number of nitrogens with zero attached hydrogens (tertiary/aromatic N) is 2. The smallest absolute Gasteiger partial charge is 0.325 e. The van der Waals surface area contributed by atoms with Crippen LogP contribution < -0.4 is 11.1 Å². The number of rotatable bonds is 10. The van der Waals surface area contributed by atoms with Crippen LogP contribution in [0.5, 0.6) is 0 Å². The molecule has 0 radical (unpaired) electrons. The molecule has 2 aliphatic carbocycles. The third kappa shape index (κ3) is 6.60. The Morgan fingerprint density at radius 1 is 1.20 bits per heavy atom. The average molecular weight is 505 g/mol. The van der Waals surface area contributed by atoms with Crippen molar-refractivity contribution >= 4 is 19.4 Å². The fraction of sp³-hybridized carbons (Fsp3) is 0.600. The van der Waals surface area contributed by atoms with Crippen molar-refractivity contribution in [1.29, 1.82) is 0 Å². The molecular weight excluding hydrogens is 467 g/mol. The summed E-state index contributed by atoms with van der Waals surface area (Å²) in [6.07, 6.45) is 4.75. The summed E-state index contributed by atoms with van der Waals surface area (Å²) >= 11 is 0. The molecule has 35 heavy (non-hydrogen) atoms. The van der Waals surface area contributed by atoms with Gasteiger partial charge in [-0.15, -0.1) is 0 Å². The standard InChI is InChI=1S/C25H37N4O5P/c1-15-21(16(2)29(28-15)14-33-35(31,32)34-25(3,4)5)17-10-12-20(13-11-17)27-24(30)23(26)22(18-6-7-18)19-8-9-19/h10-13,18-19,22-23H,6-9,14,26H2,1-5H3,(H,27,30)(H,31,32)/t23-/m0/s1. The van der Waals surface area contributed by atoms with E-state index in [-0.39, 0.29) is 12.6 Å². The van der Waals surface area contributed by atoms with Gasteiger partial charge in [-0.05, 0) is 95.8 Å². The van der Waals surface area contributed by atoms with Gasteiger partial charge in [0.2, 0.25) is 5.91 Å². The highest BCUT2D eigenvalue weighted by molar-refractivity contribution is 7.47. The Labute approximate surface area is 207 Å². The second-order valence-electron chi connectivity index (χ2n) is 10.8. The number of anilines is 1. The van der Waals surface area contributed by atoms with Crippen LogP contribution in [0.4, 0.5) is 5.69 Å². The van der Waals surface area contributed by atoms with Crippen LogP contribution in [0.3, 0.4) is 0 Å². The zero-order chi connectivity index (χ0) is 25.5. The number of hydrogen-bond acceptors (Lipinski definition) is 6. The molecular formula is C25H37N4O5P. The zero-order valence-electron chi connectivity index (χ0n) is 21.2. The van der Waals surface area contributed by atoms with E-state index in [9.17, 15) is 14.3 Å². The van der Waals surface area contributed by atoms with Crippen LogP contribution in [0.1, 0.15) is 57.8 Å². The quantitative estimate of drug-likeness (QED) is 0.398. The summed E-state index contributed by atoms with van der Waals surface area (Å²) in [6.45, 7) is 8.56. The number of nitrogens with one attached hydrogen (secondary N) is 1. The average Bonchev–Trinajstić information content (AvgIpc) is 3.67. The first-order chi connectivity index (χ1) is 16.3. The first-order valence-electron chi connectivity index (χ1n) is 12.2. The van der Waals surface area contributed by atoms with Crippen molar-refractivity contribution < 1.29 is 23.3 Å². The van der Waals surface area contributed by atoms with Gasteiger partial charge in [0.05, 0.1) is 17.3 Å². The van der Waals surface area contributed by atoms with E-state index in [1.807, 2.05) is 38.1 Å². The minimum atomic E-state index is -4.23. The molecule has 1 aromatic carbocycles. The fourth-order valence-electron chi connectivity index (χ4n) is 4.79. The summed E-state index contributed by atoms with van der Waals surface area (Å²) in [4.78, 5) is 22.8. The Balaban J connectivity index is 1.41. The second-order valence-corrected chi connectivity index (χ2v) is 12.2. The number of nitrogens with two attached hydrogens (primary N) is 1. The van der Waals surface area contributed by atoms with Crippen LogP contribution in [0, 0.1) is 31.6 Å². The highest BCUT2D eigenvalue weighted by Gasteiger charge is 2.46. The minimum absolute atomic E-state index is 0.121. The van der Waals surface area contributed by atoms with Gasteiger partial charge in [0, 0.05) is 16.9 Å². The van der Waals surface area contributed by atoms with Gasteiger partial charge in [-0.1, -0.05) is 12.1 Å². The van der Waals surface area contributed by atoms with Crippen LogP contribution in [-0.2, 0) is 25.1 Å². The molecule has 0 saturated heterocycles. The van der Waals surface area contributed by atoms with E-state index in [4.69, 9.17) is 14.8 Å². The highest BCUT2D eigenvalue weighted by Crippen LogP contribution is 2.50. The van der Waals surface area contributed by atoms with Gasteiger partial charge in [0.1, 0.15) is 0 Å². The van der Waals surface area contributed by atoms with E-state index in [2.05, 4.69) is 10.4 Å². The van der Waals surface area contributed by atoms with Crippen molar-refractivity contribution in [3.05, 3.63) is 35.7 Å². The molecule has 2 atom stereocenters. The highest BCUT2D eigenvalue weighted by atomic mass is 31.2. The van der Waals surface area contributed by atoms with E-state index in [1.54, 1.807) is 20.8 Å². The molecule has 2 aliphatic rings. The Kier molecular flexibility index (Phi) is 7.28. The SMILES string of the molecule is Cc1nn(COP(=O)(O)OC(C)(C)C)c(C)c1-c1ccc(NC(=O)[C@@H](N)C(C2CC2)C2CC2)cc1. The van der Waals surface area contributed by atoms with E-state index < -0.39 is 19.5 Å². The lowest BCUT2D eigenvalue weighted by molar-refractivity contribution is -0.118. The van der Waals surface area contributed by atoms with Gasteiger partial charge < -0.3 is 15.9 Å². The molecule has 0 spiro atoms. The molecule has 0 aliphatic heterocycles. The zero-order valence-corrected chi connectivity index (χ0v) is 22.0. The molecule has 0 bridgehead atoms. The molecule has 1 unspecified atom stereocenters. The summed E-state index contributed by atoms with van der Waals surface area (Å²) in [5.41, 5.74) is 9.61. The predicted octanol–water partition coefficient (Wildman–Crippen LogP) is 4.76. The summed E-state index contributed by atoms with van der Waals surface area (Å²) < 4.78 is 24.0. The summed E-state index contributed by atoms with van der Waals surface area (Å²) in [5, 5.41) is 7.44. The van der Waals surface area contributed by atoms with Crippen molar-refractivity contribution in [3.8, 4) is 11.1 Å². The van der Waals surface area contributed by atoms with E-state index in [0.29, 0.717) is 23.4 Å². The van der Waals surface area contributed by atoms with Crippen molar-refractivity contribution in [1.82, 2.24) is 9.78 Å². The lowest BCUT2D eigenvalue weighted by atomic mass is 9.89. The van der Waals surface area contributed by atoms with Gasteiger partial charge in [-0.2, -0.15) is 5.10 Å². The lowest BCUT2D eigenvalue weighted by Gasteiger charge is -2.23. The lowest BCUT2D eigenvalue weighted by Crippen LogP contribution is -2.43. The first-order valence-corrected chi connectivity index (χ1v) is 13.7. The van der Waals surface area contributed by atoms with E-state index in [0.717, 1.165) is 22.5 Å². The number of aromatic nitrogens is 2. The maximum atomic E-state index is 12.8. The number of phosphoric acid groups is 1. The summed E-state index contributed by atoms with van der Waals surface area (Å²) in [7, 11) is -4.23. The second kappa shape index (κ2) is 9.79. The summed E-state index contributed by atoms with van der Waals surface area (Å²) in [5.74, 6) is 1.40. The van der Waals surface area contributed by atoms with Crippen molar-refractivity contribution in [2.75, 3.05) is 5.32 Å². The van der Waals surface area contributed by atoms with Crippen LogP contribution in [0.25, 0.3) is 11.1 Å². The maximum absolute atomic E-state index is 12.8. The minimum Gasteiger partial charge on any atom is -0.325 e. The van der Waals surface area contributed by atoms with Crippen molar-refractivity contribution in [2.24, 2.45) is 23.5 Å². The Morgan fingerprint density at radius 3 is 2.29 bits per heavy atom. The van der Waals surface area contributed by atoms with E-state index in [1.165, 1.54) is 30.4 Å². The predicted molar refractivity (Wildman–Crippen MR) is 134 cm³/mol. The third-order valence-electron chi connectivity index (χ3n) is 6.61. The molecule has 1 amide bonds. The van der Waals surface area contributed by atoms with Crippen molar-refractivity contribution in [3.63, 3.8) is 0 Å². The van der Waals surface area contributed by atoms with Gasteiger partial charge in [0.25, 0.3) is 0 Å². The number of hydrogen-bond donors (Lipinski definition) is 3. The Bertz CT molecular complexity index is 1100. The van der Waals surface area contributed by atoms with Gasteiger partial charge >= 0.3 is 7.82 Å². The summed E-state index contributed by atoms with van der Waals surface area (Å²) in [6, 6.07) is 7.08. The number of aryl methyl sites for hydroxylation is 1. The molecule has 2 saturated carbocycles. The monoisotopic (exact) mass is 504 g/mol. The van der Waals surface area contributed by atoms with E-state index >= 15 is 0 Å². The molecule has 192 valence electrons. The van der Waals surface area contributed by atoms with Gasteiger partial charge in [0.15, 0.2) is 6.73 Å². The van der Waals surface area contributed by atoms with Crippen molar-refractivity contribution in [2.45, 2.75) is 78.7 Å². The third-order valence-corrected chi connectivity index (χ3v) is 7.83. The topological polar surface area (TPSA) is 129 Å². The molecule has 9 nitrogen and oxygen atoms in total. The number of benzene rings is 1. The molecule has 2 fully saturated rings. The van der Waals surface area contributed by atoms with Gasteiger partial charge in [-0.25, -0.2) is 9.25 Å². The van der Waals surface area contributed by atoms with Crippen LogP contribution in [0.15, 0.2) is 24.3 Å². The molecule has 10 heteroatoms. The maximum Gasteiger partial charge on any atom is 0.474 e. The molecule has 4 rings (SSSR count). The molecule has 1 heterocycles. The number of amides is 1. The largest absolute Gasteiger partial charge is 0.474 e. The number of carbonyl (C=O) groups excluding carboxylic acids is 1. The Hall–Kier alpha value is -2.03. The number of carbonyl (C=O) groups is 1. The first kappa shape index (κ1) is 26.0. The number of phosphoric ester groups is 1. The molecule has 4 N–H and O–H groups in total. The normalized spacial score (nSPS) is 19.0. The van der Waals surface area contributed by atoms with Crippen LogP contribution >= 0.6 is 7.82 Å². The Morgan fingerprint density at radius 2 is 1.77 bits per heavy atom. The van der Waals surface area contributed by atoms with Gasteiger partial charge in [-0.3, -0.25) is 13.8 Å². The van der Waals surface area contributed by atoms with Crippen LogP contribution in [-0.4, -0.2) is 32.2 Å². The van der Waals surface area contributed by atoms with Crippen LogP contribution in [0.2, 0.25) is 0 Å². The fourth-order valence-corrected chi connectivity index (χ4v) is 5.79. The molecule has 2 aromatic rings.